The molecule has 1 aromatic heterocycles. The van der Waals surface area contributed by atoms with Gasteiger partial charge in [0.1, 0.15) is 11.7 Å². The maximum absolute atomic E-state index is 13.6. The van der Waals surface area contributed by atoms with E-state index in [2.05, 4.69) is 20.9 Å². The molecule has 11 heteroatoms. The summed E-state index contributed by atoms with van der Waals surface area (Å²) in [6, 6.07) is 17.3. The molecule has 2 aromatic carbocycles. The SMILES string of the molecule is CC(C)CN(C[C@@H](O)[C@@H](Cc1ccccc1)NC(=O)[C@H](CC(N)=O)NC(=O)c1ccc2ccccc2n1)C(=O)NC(C)(C)C. The van der Waals surface area contributed by atoms with E-state index < -0.39 is 47.9 Å². The molecule has 1 heterocycles. The minimum absolute atomic E-state index is 0.0638. The number of hydrogen-bond donors (Lipinski definition) is 5. The molecule has 0 radical (unpaired) electrons. The summed E-state index contributed by atoms with van der Waals surface area (Å²) in [6.07, 6.45) is -1.42. The Morgan fingerprint density at radius 1 is 0.909 bits per heavy atom. The van der Waals surface area contributed by atoms with Crippen molar-refractivity contribution in [1.29, 1.82) is 0 Å². The van der Waals surface area contributed by atoms with Crippen LogP contribution in [0.4, 0.5) is 4.79 Å². The Balaban J connectivity index is 1.83. The smallest absolute Gasteiger partial charge is 0.317 e. The molecule has 0 aliphatic carbocycles. The van der Waals surface area contributed by atoms with E-state index in [-0.39, 0.29) is 30.6 Å². The lowest BCUT2D eigenvalue weighted by Gasteiger charge is -2.34. The van der Waals surface area contributed by atoms with Gasteiger partial charge in [0.15, 0.2) is 0 Å². The van der Waals surface area contributed by atoms with Crippen molar-refractivity contribution in [3.05, 3.63) is 78.0 Å². The monoisotopic (exact) mass is 604 g/mol. The molecule has 5 amide bonds. The van der Waals surface area contributed by atoms with Crippen LogP contribution in [0.25, 0.3) is 10.9 Å². The molecule has 11 nitrogen and oxygen atoms in total. The van der Waals surface area contributed by atoms with Crippen LogP contribution in [0.1, 0.15) is 57.1 Å². The van der Waals surface area contributed by atoms with Crippen molar-refractivity contribution in [2.24, 2.45) is 11.7 Å². The predicted octanol–water partition coefficient (Wildman–Crippen LogP) is 2.76. The Bertz CT molecular complexity index is 1440. The lowest BCUT2D eigenvalue weighted by Crippen LogP contribution is -2.57. The minimum Gasteiger partial charge on any atom is -0.389 e. The van der Waals surface area contributed by atoms with Crippen LogP contribution in [-0.2, 0) is 16.0 Å². The number of benzene rings is 2. The highest BCUT2D eigenvalue weighted by atomic mass is 16.3. The van der Waals surface area contributed by atoms with Gasteiger partial charge in [-0.15, -0.1) is 0 Å². The Morgan fingerprint density at radius 3 is 2.20 bits per heavy atom. The van der Waals surface area contributed by atoms with E-state index in [1.807, 2.05) is 77.1 Å². The summed E-state index contributed by atoms with van der Waals surface area (Å²) in [6.45, 7) is 9.86. The molecule has 3 rings (SSSR count). The van der Waals surface area contributed by atoms with Crippen molar-refractivity contribution in [1.82, 2.24) is 25.8 Å². The number of aromatic nitrogens is 1. The fourth-order valence-corrected chi connectivity index (χ4v) is 4.70. The number of carbonyl (C=O) groups excluding carboxylic acids is 4. The summed E-state index contributed by atoms with van der Waals surface area (Å²) >= 11 is 0. The first kappa shape index (κ1) is 34.0. The van der Waals surface area contributed by atoms with E-state index in [4.69, 9.17) is 5.73 Å². The highest BCUT2D eigenvalue weighted by Crippen LogP contribution is 2.14. The second-order valence-electron chi connectivity index (χ2n) is 12.4. The quantitative estimate of drug-likeness (QED) is 0.201. The number of hydrogen-bond acceptors (Lipinski definition) is 6. The lowest BCUT2D eigenvalue weighted by atomic mass is 9.99. The van der Waals surface area contributed by atoms with E-state index in [0.29, 0.717) is 12.1 Å². The van der Waals surface area contributed by atoms with Crippen LogP contribution in [-0.4, -0.2) is 75.6 Å². The standard InChI is InChI=1S/C33H44N6O5/c1-21(2)19-39(32(44)38-33(3,4)5)20-28(40)26(17-22-11-7-6-8-12-22)36-31(43)27(18-29(34)41)37-30(42)25-16-15-23-13-9-10-14-24(23)35-25/h6-16,21,26-28,40H,17-20H2,1-5H3,(H2,34,41)(H,36,43)(H,37,42)(H,38,44)/t26-,27+,28-/m1/s1. The van der Waals surface area contributed by atoms with Gasteiger partial charge in [0.25, 0.3) is 5.91 Å². The summed E-state index contributed by atoms with van der Waals surface area (Å²) in [7, 11) is 0. The first-order valence-corrected chi connectivity index (χ1v) is 14.8. The summed E-state index contributed by atoms with van der Waals surface area (Å²) in [5.74, 6) is -2.03. The van der Waals surface area contributed by atoms with Gasteiger partial charge in [0.05, 0.1) is 30.6 Å². The first-order chi connectivity index (χ1) is 20.7. The van der Waals surface area contributed by atoms with E-state index in [9.17, 15) is 24.3 Å². The maximum Gasteiger partial charge on any atom is 0.317 e. The fraction of sp³-hybridized carbons (Fsp3) is 0.424. The Hall–Kier alpha value is -4.51. The molecule has 0 unspecified atom stereocenters. The number of pyridine rings is 1. The number of fused-ring (bicyclic) bond motifs is 1. The first-order valence-electron chi connectivity index (χ1n) is 14.8. The number of amides is 5. The van der Waals surface area contributed by atoms with Crippen LogP contribution in [0.3, 0.4) is 0 Å². The fourth-order valence-electron chi connectivity index (χ4n) is 4.70. The number of nitrogens with two attached hydrogens (primary N) is 1. The molecular weight excluding hydrogens is 560 g/mol. The zero-order valence-electron chi connectivity index (χ0n) is 26.0. The van der Waals surface area contributed by atoms with E-state index in [1.165, 1.54) is 11.0 Å². The Morgan fingerprint density at radius 2 is 1.57 bits per heavy atom. The van der Waals surface area contributed by atoms with Crippen molar-refractivity contribution in [3.63, 3.8) is 0 Å². The summed E-state index contributed by atoms with van der Waals surface area (Å²) in [5, 5.41) is 20.6. The van der Waals surface area contributed by atoms with Gasteiger partial charge in [0.2, 0.25) is 11.8 Å². The molecule has 6 N–H and O–H groups in total. The topological polar surface area (TPSA) is 167 Å². The number of primary amides is 1. The molecule has 0 aliphatic heterocycles. The predicted molar refractivity (Wildman–Crippen MR) is 170 cm³/mol. The average Bonchev–Trinajstić information content (AvgIpc) is 2.94. The molecule has 0 aliphatic rings. The van der Waals surface area contributed by atoms with Crippen molar-refractivity contribution >= 4 is 34.7 Å². The lowest BCUT2D eigenvalue weighted by molar-refractivity contribution is -0.128. The number of rotatable bonds is 13. The zero-order valence-corrected chi connectivity index (χ0v) is 26.0. The van der Waals surface area contributed by atoms with Crippen LogP contribution in [0.2, 0.25) is 0 Å². The summed E-state index contributed by atoms with van der Waals surface area (Å²) in [4.78, 5) is 57.7. The van der Waals surface area contributed by atoms with Crippen LogP contribution < -0.4 is 21.7 Å². The summed E-state index contributed by atoms with van der Waals surface area (Å²) in [5.41, 5.74) is 6.46. The van der Waals surface area contributed by atoms with Crippen LogP contribution >= 0.6 is 0 Å². The molecular formula is C33H44N6O5. The van der Waals surface area contributed by atoms with Gasteiger partial charge >= 0.3 is 6.03 Å². The van der Waals surface area contributed by atoms with Gasteiger partial charge in [-0.05, 0) is 50.8 Å². The van der Waals surface area contributed by atoms with Gasteiger partial charge in [0, 0.05) is 17.5 Å². The maximum atomic E-state index is 13.6. The third-order valence-electron chi connectivity index (χ3n) is 6.71. The van der Waals surface area contributed by atoms with Gasteiger partial charge < -0.3 is 31.7 Å². The van der Waals surface area contributed by atoms with Gasteiger partial charge in [-0.2, -0.15) is 0 Å². The van der Waals surface area contributed by atoms with Crippen molar-refractivity contribution < 1.29 is 24.3 Å². The van der Waals surface area contributed by atoms with Gasteiger partial charge in [-0.1, -0.05) is 68.4 Å². The molecule has 0 spiro atoms. The molecule has 0 saturated carbocycles. The largest absolute Gasteiger partial charge is 0.389 e. The highest BCUT2D eigenvalue weighted by Gasteiger charge is 2.31. The van der Waals surface area contributed by atoms with Crippen LogP contribution in [0.15, 0.2) is 66.7 Å². The molecule has 3 atom stereocenters. The van der Waals surface area contributed by atoms with Crippen molar-refractivity contribution in [3.8, 4) is 0 Å². The normalized spacial score (nSPS) is 13.5. The van der Waals surface area contributed by atoms with Crippen molar-refractivity contribution in [2.75, 3.05) is 13.1 Å². The minimum atomic E-state index is -1.32. The van der Waals surface area contributed by atoms with Gasteiger partial charge in [-0.3, -0.25) is 14.4 Å². The van der Waals surface area contributed by atoms with E-state index in [1.54, 1.807) is 18.2 Å². The second-order valence-corrected chi connectivity index (χ2v) is 12.4. The van der Waals surface area contributed by atoms with E-state index >= 15 is 0 Å². The number of aliphatic hydroxyl groups is 1. The summed E-state index contributed by atoms with van der Waals surface area (Å²) < 4.78 is 0. The van der Waals surface area contributed by atoms with E-state index in [0.717, 1.165) is 10.9 Å². The Kier molecular flexibility index (Phi) is 11.8. The second kappa shape index (κ2) is 15.3. The average molecular weight is 605 g/mol. The van der Waals surface area contributed by atoms with Gasteiger partial charge in [-0.25, -0.2) is 9.78 Å². The Labute approximate surface area is 258 Å². The molecule has 0 saturated heterocycles. The number of nitrogens with zero attached hydrogens (tertiary/aromatic N) is 2. The number of carbonyl (C=O) groups is 4. The number of nitrogens with one attached hydrogen (secondary N) is 3. The third kappa shape index (κ3) is 10.6. The molecule has 236 valence electrons. The molecule has 44 heavy (non-hydrogen) atoms. The van der Waals surface area contributed by atoms with Crippen LogP contribution in [0, 0.1) is 5.92 Å². The molecule has 3 aromatic rings. The third-order valence-corrected chi connectivity index (χ3v) is 6.71. The van der Waals surface area contributed by atoms with Crippen LogP contribution in [0.5, 0.6) is 0 Å². The number of para-hydroxylation sites is 1. The van der Waals surface area contributed by atoms with Crippen molar-refractivity contribution in [2.45, 2.75) is 71.2 Å². The molecule has 0 bridgehead atoms. The highest BCUT2D eigenvalue weighted by molar-refractivity contribution is 5.99. The molecule has 0 fully saturated rings. The zero-order chi connectivity index (χ0) is 32.4. The number of urea groups is 1. The number of aliphatic hydroxyl groups excluding tert-OH is 1.